The Morgan fingerprint density at radius 1 is 0.400 bits per heavy atom. The van der Waals surface area contributed by atoms with Gasteiger partial charge in [0.25, 0.3) is 0 Å². The minimum absolute atomic E-state index is 0. The third-order valence-electron chi connectivity index (χ3n) is 13.1. The number of aliphatic carboxylic acids is 2. The van der Waals surface area contributed by atoms with Crippen molar-refractivity contribution in [1.82, 2.24) is 31.1 Å². The Bertz CT molecular complexity index is 1800. The third kappa shape index (κ3) is 51.1. The fraction of sp³-hybridized carbons (Fsp3) is 0.789. The van der Waals surface area contributed by atoms with Gasteiger partial charge in [-0.25, -0.2) is 0 Å². The number of ketones is 3. The molecule has 0 aliphatic heterocycles. The number of carboxylic acids is 2. The van der Waals surface area contributed by atoms with Crippen LogP contribution in [0.4, 0.5) is 0 Å². The molecule has 4 N–H and O–H groups in total. The van der Waals surface area contributed by atoms with Gasteiger partial charge in [0, 0.05) is 19.3 Å². The molecule has 23 heteroatoms. The summed E-state index contributed by atoms with van der Waals surface area (Å²) in [4.78, 5) is 147. The Morgan fingerprint density at radius 2 is 0.738 bits per heavy atom. The molecule has 446 valence electrons. The zero-order valence-electron chi connectivity index (χ0n) is 49.6. The van der Waals surface area contributed by atoms with Crippen LogP contribution in [-0.4, -0.2) is 139 Å². The minimum atomic E-state index is -1.71. The predicted octanol–water partition coefficient (Wildman–Crippen LogP) is -1.97. The van der Waals surface area contributed by atoms with Crippen LogP contribution in [0.1, 0.15) is 226 Å². The summed E-state index contributed by atoms with van der Waals surface area (Å²) < 4.78 is 5.65. The third-order valence-corrected chi connectivity index (χ3v) is 13.1. The van der Waals surface area contributed by atoms with E-state index in [-0.39, 0.29) is 97.1 Å². The van der Waals surface area contributed by atoms with E-state index in [0.717, 1.165) is 38.5 Å². The maximum Gasteiger partial charge on any atom is 1.00 e. The second-order valence-corrected chi connectivity index (χ2v) is 20.6. The number of esters is 1. The fourth-order valence-corrected chi connectivity index (χ4v) is 8.63. The van der Waals surface area contributed by atoms with Crippen molar-refractivity contribution >= 4 is 70.7 Å². The molecule has 0 aromatic carbocycles. The molecule has 0 rings (SSSR count). The number of nitrogens with one attached hydrogen (secondary N) is 4. The maximum atomic E-state index is 12.9. The summed E-state index contributed by atoms with van der Waals surface area (Å²) in [6, 6.07) is 0. The van der Waals surface area contributed by atoms with Crippen molar-refractivity contribution in [3.8, 4) is 0 Å². The summed E-state index contributed by atoms with van der Waals surface area (Å²) in [5.41, 5.74) is 0. The van der Waals surface area contributed by atoms with Gasteiger partial charge in [-0.2, -0.15) is 0 Å². The standard InChI is InChI=1S/C57H98N6O15.2Na/c1-4-6-8-10-12-14-16-18-20-22-24-26-29-46(30-27-25-23-21-19-17-15-13-11-9-7-5-2)44-78-57(77)34-33-49(67)58-36-51(69)60-38-53(71)62(42-55(73)74)40-47(65)31-28-32-48(66)41-63(43-56(75)76)54(72)39-61-52(70)37-59-50(68)35-45(3)64;;/h46H,4-44H2,1-3H3,(H,58,67)(H,59,68)(H,60,69)(H,61,70)(H,73,74)(H,75,76);;/q;2*+1/p-2. The molecule has 0 unspecified atom stereocenters. The number of carbonyl (C=O) groups is 12. The number of hydrogen-bond acceptors (Lipinski definition) is 15. The molecule has 0 radical (unpaired) electrons. The fourth-order valence-electron chi connectivity index (χ4n) is 8.63. The van der Waals surface area contributed by atoms with Crippen molar-refractivity contribution < 1.29 is 132 Å². The summed E-state index contributed by atoms with van der Waals surface area (Å²) in [7, 11) is 0. The maximum absolute atomic E-state index is 12.9. The normalized spacial score (nSPS) is 10.6. The molecule has 0 heterocycles. The summed E-state index contributed by atoms with van der Waals surface area (Å²) in [6.45, 7) is -0.132. The number of Topliss-reactive ketones (excluding diaryl/α,β-unsaturated/α-hetero) is 3. The Labute approximate surface area is 520 Å². The van der Waals surface area contributed by atoms with Crippen LogP contribution in [-0.2, 0) is 62.3 Å². The number of rotatable bonds is 53. The molecule has 0 bridgehead atoms. The van der Waals surface area contributed by atoms with Crippen LogP contribution in [0.2, 0.25) is 0 Å². The molecule has 0 aliphatic rings. The van der Waals surface area contributed by atoms with Crippen LogP contribution >= 0.6 is 0 Å². The second kappa shape index (κ2) is 54.5. The number of nitrogens with zero attached hydrogens (tertiary/aromatic N) is 2. The molecule has 0 aromatic heterocycles. The van der Waals surface area contributed by atoms with Gasteiger partial charge in [0.05, 0.1) is 83.7 Å². The second-order valence-electron chi connectivity index (χ2n) is 20.6. The number of carboxylic acid groups (broad SMARTS) is 2. The Hall–Kier alpha value is -3.76. The number of ether oxygens (including phenoxy) is 1. The first kappa shape index (κ1) is 80.5. The zero-order chi connectivity index (χ0) is 58.2. The van der Waals surface area contributed by atoms with Crippen molar-refractivity contribution in [2.75, 3.05) is 59.0 Å². The molecule has 6 amide bonds. The zero-order valence-corrected chi connectivity index (χ0v) is 53.6. The first-order valence-electron chi connectivity index (χ1n) is 29.1. The molecule has 0 fully saturated rings. The largest absolute Gasteiger partial charge is 1.00 e. The van der Waals surface area contributed by atoms with E-state index in [4.69, 9.17) is 4.74 Å². The molecule has 21 nitrogen and oxygen atoms in total. The number of amides is 6. The number of unbranched alkanes of at least 4 members (excludes halogenated alkanes) is 22. The van der Waals surface area contributed by atoms with Crippen LogP contribution in [0.3, 0.4) is 0 Å². The van der Waals surface area contributed by atoms with Crippen LogP contribution in [0.25, 0.3) is 0 Å². The Balaban J connectivity index is -0.0000296. The van der Waals surface area contributed by atoms with E-state index in [0.29, 0.717) is 16.4 Å². The Kier molecular flexibility index (Phi) is 54.8. The van der Waals surface area contributed by atoms with E-state index in [1.54, 1.807) is 0 Å². The molecule has 0 aliphatic carbocycles. The summed E-state index contributed by atoms with van der Waals surface area (Å²) in [5.74, 6) is -10.4. The van der Waals surface area contributed by atoms with Gasteiger partial charge in [-0.3, -0.25) is 47.9 Å². The van der Waals surface area contributed by atoms with Crippen molar-refractivity contribution in [2.24, 2.45) is 5.92 Å². The molecule has 0 saturated heterocycles. The van der Waals surface area contributed by atoms with Gasteiger partial charge in [-0.1, -0.05) is 168 Å². The van der Waals surface area contributed by atoms with Gasteiger partial charge >= 0.3 is 65.1 Å². The molecular formula is C57H96N6Na2O15. The van der Waals surface area contributed by atoms with Crippen molar-refractivity contribution in [3.63, 3.8) is 0 Å². The first-order chi connectivity index (χ1) is 37.4. The van der Waals surface area contributed by atoms with Gasteiger partial charge in [-0.05, 0) is 32.1 Å². The SMILES string of the molecule is CCCCCCCCCCCCCCC(CCCCCCCCCCCCCC)COC(=O)CCC(=O)NCC(=O)NCC(=O)N(CC(=O)[O-])CC(=O)CCCC(=O)CN(CC(=O)[O-])C(=O)CNC(=O)CNC(=O)CC(C)=O.[Na+].[Na+]. The monoisotopic (exact) mass is 1150 g/mol. The quantitative estimate of drug-likeness (QED) is 0.0222. The molecule has 0 saturated carbocycles. The molecule has 80 heavy (non-hydrogen) atoms. The van der Waals surface area contributed by atoms with E-state index >= 15 is 0 Å². The van der Waals surface area contributed by atoms with Crippen molar-refractivity contribution in [1.29, 1.82) is 0 Å². The molecule has 0 aromatic rings. The summed E-state index contributed by atoms with van der Waals surface area (Å²) >= 11 is 0. The number of carbonyl (C=O) groups excluding carboxylic acids is 12. The molecule has 0 spiro atoms. The van der Waals surface area contributed by atoms with Crippen LogP contribution in [0.5, 0.6) is 0 Å². The van der Waals surface area contributed by atoms with Crippen molar-refractivity contribution in [2.45, 2.75) is 226 Å². The van der Waals surface area contributed by atoms with Crippen LogP contribution < -0.4 is 90.6 Å². The first-order valence-corrected chi connectivity index (χ1v) is 29.1. The van der Waals surface area contributed by atoms with Crippen molar-refractivity contribution in [3.05, 3.63) is 0 Å². The Morgan fingerprint density at radius 3 is 1.09 bits per heavy atom. The predicted molar refractivity (Wildman–Crippen MR) is 289 cm³/mol. The topological polar surface area (TPSA) is 315 Å². The smallest absolute Gasteiger partial charge is 0.548 e. The average molecular weight is 1150 g/mol. The van der Waals surface area contributed by atoms with Gasteiger partial charge in [0.1, 0.15) is 5.78 Å². The average Bonchev–Trinajstić information content (AvgIpc) is 3.38. The molecular weight excluding hydrogens is 1050 g/mol. The van der Waals surface area contributed by atoms with E-state index in [9.17, 15) is 67.7 Å². The summed E-state index contributed by atoms with van der Waals surface area (Å²) in [6.07, 6.45) is 30.7. The van der Waals surface area contributed by atoms with Gasteiger partial charge in [-0.15, -0.1) is 0 Å². The van der Waals surface area contributed by atoms with E-state index in [1.165, 1.54) is 135 Å². The van der Waals surface area contributed by atoms with E-state index in [2.05, 4.69) is 35.1 Å². The van der Waals surface area contributed by atoms with Crippen LogP contribution in [0, 0.1) is 5.92 Å². The van der Waals surface area contributed by atoms with Gasteiger partial charge in [0.2, 0.25) is 35.4 Å². The van der Waals surface area contributed by atoms with Gasteiger partial charge in [0.15, 0.2) is 11.6 Å². The van der Waals surface area contributed by atoms with Gasteiger partial charge < -0.3 is 55.6 Å². The number of hydrogen-bond donors (Lipinski definition) is 4. The van der Waals surface area contributed by atoms with E-state index in [1.807, 2.05) is 0 Å². The molecule has 0 atom stereocenters. The van der Waals surface area contributed by atoms with Crippen LogP contribution in [0.15, 0.2) is 0 Å². The minimum Gasteiger partial charge on any atom is -0.548 e. The summed E-state index contributed by atoms with van der Waals surface area (Å²) in [5, 5.41) is 31.6. The van der Waals surface area contributed by atoms with E-state index < -0.39 is 129 Å².